The molecule has 40 heavy (non-hydrogen) atoms. The number of fused-ring (bicyclic) bond motifs is 2. The van der Waals surface area contributed by atoms with E-state index in [4.69, 9.17) is 9.47 Å². The van der Waals surface area contributed by atoms with Crippen molar-refractivity contribution >= 4 is 39.2 Å². The number of anilines is 3. The van der Waals surface area contributed by atoms with Crippen LogP contribution < -0.4 is 19.7 Å². The normalized spacial score (nSPS) is 20.4. The smallest absolute Gasteiger partial charge is 0.258 e. The first kappa shape index (κ1) is 25.6. The van der Waals surface area contributed by atoms with E-state index in [1.807, 2.05) is 36.2 Å². The van der Waals surface area contributed by atoms with Crippen molar-refractivity contribution in [3.63, 3.8) is 0 Å². The number of hydrogen-bond donors (Lipinski definition) is 1. The van der Waals surface area contributed by atoms with E-state index in [2.05, 4.69) is 60.2 Å². The molecule has 0 unspecified atom stereocenters. The van der Waals surface area contributed by atoms with Gasteiger partial charge in [0.2, 0.25) is 11.8 Å². The van der Waals surface area contributed by atoms with Crippen molar-refractivity contribution in [2.24, 2.45) is 5.41 Å². The molecule has 1 aliphatic carbocycles. The van der Waals surface area contributed by atoms with Gasteiger partial charge in [-0.3, -0.25) is 4.79 Å². The fourth-order valence-electron chi connectivity index (χ4n) is 6.83. The van der Waals surface area contributed by atoms with Crippen LogP contribution in [0, 0.1) is 5.41 Å². The summed E-state index contributed by atoms with van der Waals surface area (Å²) in [4.78, 5) is 28.9. The Balaban J connectivity index is 1.10. The lowest BCUT2D eigenvalue weighted by Gasteiger charge is -2.53. The first-order valence-electron chi connectivity index (χ1n) is 13.8. The Morgan fingerprint density at radius 2 is 1.80 bits per heavy atom. The van der Waals surface area contributed by atoms with E-state index in [0.29, 0.717) is 33.0 Å². The molecule has 3 aromatic rings. The summed E-state index contributed by atoms with van der Waals surface area (Å²) in [5.41, 5.74) is 3.92. The molecule has 0 radical (unpaired) electrons. The number of aromatic nitrogens is 2. The van der Waals surface area contributed by atoms with Crippen molar-refractivity contribution < 1.29 is 14.3 Å². The van der Waals surface area contributed by atoms with Gasteiger partial charge in [0.15, 0.2) is 0 Å². The summed E-state index contributed by atoms with van der Waals surface area (Å²) in [6.07, 6.45) is 6.05. The van der Waals surface area contributed by atoms with Crippen LogP contribution in [0.3, 0.4) is 0 Å². The van der Waals surface area contributed by atoms with Crippen LogP contribution in [0.5, 0.6) is 17.4 Å². The summed E-state index contributed by atoms with van der Waals surface area (Å²) in [6, 6.07) is 12.0. The number of amides is 1. The zero-order chi connectivity index (χ0) is 27.6. The van der Waals surface area contributed by atoms with Crippen LogP contribution >= 0.6 is 15.9 Å². The van der Waals surface area contributed by atoms with Gasteiger partial charge in [0.05, 0.1) is 34.6 Å². The molecule has 4 aliphatic rings. The average molecular weight is 606 g/mol. The molecule has 2 aromatic carbocycles. The third-order valence-electron chi connectivity index (χ3n) is 9.16. The van der Waals surface area contributed by atoms with Crippen LogP contribution in [-0.4, -0.2) is 73.1 Å². The molecular weight excluding hydrogens is 572 g/mol. The maximum atomic E-state index is 13.1. The average Bonchev–Trinajstić information content (AvgIpc) is 3.72. The van der Waals surface area contributed by atoms with E-state index in [-0.39, 0.29) is 11.4 Å². The zero-order valence-corrected chi connectivity index (χ0v) is 24.6. The molecule has 4 heterocycles. The Hall–Kier alpha value is -3.37. The molecule has 2 spiro atoms. The molecule has 2 saturated heterocycles. The van der Waals surface area contributed by atoms with Crippen molar-refractivity contribution in [2.75, 3.05) is 57.6 Å². The molecule has 1 aromatic heterocycles. The van der Waals surface area contributed by atoms with Gasteiger partial charge in [-0.2, -0.15) is 4.98 Å². The van der Waals surface area contributed by atoms with E-state index in [1.54, 1.807) is 13.3 Å². The third kappa shape index (κ3) is 4.11. The summed E-state index contributed by atoms with van der Waals surface area (Å²) in [6.45, 7) is 4.55. The molecule has 1 saturated carbocycles. The summed E-state index contributed by atoms with van der Waals surface area (Å²) < 4.78 is 12.6. The Bertz CT molecular complexity index is 1490. The van der Waals surface area contributed by atoms with E-state index in [9.17, 15) is 4.79 Å². The molecule has 7 rings (SSSR count). The fraction of sp³-hybridized carbons (Fsp3) is 0.433. The molecule has 3 aliphatic heterocycles. The van der Waals surface area contributed by atoms with Crippen LogP contribution in [0.25, 0.3) is 0 Å². The SMILES string of the molecule is COc1cc(N2CCC3(CC2)CN(C)C3)ccc1Nc1ncc(Br)c(Oc2cccc3c2C(=O)N(C)C32CC2)n1. The highest BCUT2D eigenvalue weighted by Crippen LogP contribution is 2.57. The predicted molar refractivity (Wildman–Crippen MR) is 157 cm³/mol. The van der Waals surface area contributed by atoms with Gasteiger partial charge in [-0.05, 0) is 77.8 Å². The molecule has 0 atom stereocenters. The largest absolute Gasteiger partial charge is 0.494 e. The van der Waals surface area contributed by atoms with Crippen molar-refractivity contribution in [3.05, 3.63) is 58.2 Å². The van der Waals surface area contributed by atoms with Gasteiger partial charge in [-0.1, -0.05) is 12.1 Å². The van der Waals surface area contributed by atoms with Crippen LogP contribution in [-0.2, 0) is 5.54 Å². The zero-order valence-electron chi connectivity index (χ0n) is 23.0. The Kier molecular flexibility index (Phi) is 5.98. The molecule has 10 heteroatoms. The van der Waals surface area contributed by atoms with Crippen LogP contribution in [0.1, 0.15) is 41.6 Å². The van der Waals surface area contributed by atoms with Gasteiger partial charge >= 0.3 is 0 Å². The standard InChI is InChI=1S/C30H33BrN6O3/c1-35-17-29(18-35)11-13-37(14-12-29)19-7-8-22(24(15-19)39-3)33-28-32-16-21(31)26(34-28)40-23-6-4-5-20-25(23)27(38)36(2)30(20)9-10-30/h4-8,15-16H,9-14,17-18H2,1-3H3,(H,32,33,34). The van der Waals surface area contributed by atoms with Gasteiger partial charge in [0, 0.05) is 45.0 Å². The summed E-state index contributed by atoms with van der Waals surface area (Å²) in [7, 11) is 5.75. The Labute approximate surface area is 242 Å². The van der Waals surface area contributed by atoms with Crippen molar-refractivity contribution in [2.45, 2.75) is 31.2 Å². The Morgan fingerprint density at radius 3 is 2.50 bits per heavy atom. The lowest BCUT2D eigenvalue weighted by Crippen LogP contribution is -2.58. The molecule has 208 valence electrons. The number of nitrogens with one attached hydrogen (secondary N) is 1. The number of carbonyl (C=O) groups excluding carboxylic acids is 1. The van der Waals surface area contributed by atoms with E-state index < -0.39 is 0 Å². The first-order chi connectivity index (χ1) is 19.3. The van der Waals surface area contributed by atoms with Crippen LogP contribution in [0.2, 0.25) is 0 Å². The van der Waals surface area contributed by atoms with E-state index in [0.717, 1.165) is 48.6 Å². The third-order valence-corrected chi connectivity index (χ3v) is 9.71. The molecule has 1 N–H and O–H groups in total. The highest BCUT2D eigenvalue weighted by Gasteiger charge is 2.57. The van der Waals surface area contributed by atoms with Crippen molar-refractivity contribution in [1.82, 2.24) is 19.8 Å². The Morgan fingerprint density at radius 1 is 1.02 bits per heavy atom. The minimum Gasteiger partial charge on any atom is -0.494 e. The number of nitrogens with zero attached hydrogens (tertiary/aromatic N) is 5. The molecule has 1 amide bonds. The quantitative estimate of drug-likeness (QED) is 0.401. The second-order valence-electron chi connectivity index (χ2n) is 11.7. The number of likely N-dealkylation sites (tertiary alicyclic amines) is 1. The molecular formula is C30H33BrN6O3. The number of carbonyl (C=O) groups is 1. The fourth-order valence-corrected chi connectivity index (χ4v) is 7.10. The van der Waals surface area contributed by atoms with Gasteiger partial charge in [0.1, 0.15) is 11.5 Å². The number of piperidine rings is 1. The lowest BCUT2D eigenvalue weighted by atomic mass is 9.72. The summed E-state index contributed by atoms with van der Waals surface area (Å²) in [5.74, 6) is 1.91. The summed E-state index contributed by atoms with van der Waals surface area (Å²) in [5, 5.41) is 3.29. The molecule has 3 fully saturated rings. The van der Waals surface area contributed by atoms with Gasteiger partial charge < -0.3 is 29.5 Å². The number of benzene rings is 2. The monoisotopic (exact) mass is 604 g/mol. The van der Waals surface area contributed by atoms with Gasteiger partial charge in [0.25, 0.3) is 5.91 Å². The molecule has 0 bridgehead atoms. The lowest BCUT2D eigenvalue weighted by molar-refractivity contribution is 0.00131. The minimum absolute atomic E-state index is 0.0136. The predicted octanol–water partition coefficient (Wildman–Crippen LogP) is 5.39. The maximum Gasteiger partial charge on any atom is 0.258 e. The highest BCUT2D eigenvalue weighted by molar-refractivity contribution is 9.10. The van der Waals surface area contributed by atoms with Gasteiger partial charge in [-0.15, -0.1) is 0 Å². The minimum atomic E-state index is -0.173. The van der Waals surface area contributed by atoms with E-state index in [1.165, 1.54) is 25.9 Å². The second kappa shape index (κ2) is 9.34. The number of ether oxygens (including phenoxy) is 2. The van der Waals surface area contributed by atoms with Crippen LogP contribution in [0.15, 0.2) is 47.1 Å². The topological polar surface area (TPSA) is 83.1 Å². The molecule has 9 nitrogen and oxygen atoms in total. The van der Waals surface area contributed by atoms with E-state index >= 15 is 0 Å². The van der Waals surface area contributed by atoms with Gasteiger partial charge in [-0.25, -0.2) is 4.98 Å². The number of hydrogen-bond acceptors (Lipinski definition) is 8. The van der Waals surface area contributed by atoms with Crippen molar-refractivity contribution in [3.8, 4) is 17.4 Å². The summed E-state index contributed by atoms with van der Waals surface area (Å²) >= 11 is 3.51. The second-order valence-corrected chi connectivity index (χ2v) is 12.5. The maximum absolute atomic E-state index is 13.1. The number of halogens is 1. The first-order valence-corrected chi connectivity index (χ1v) is 14.6. The van der Waals surface area contributed by atoms with Crippen molar-refractivity contribution in [1.29, 1.82) is 0 Å². The number of rotatable bonds is 6. The number of methoxy groups -OCH3 is 1. The van der Waals surface area contributed by atoms with Crippen LogP contribution in [0.4, 0.5) is 17.3 Å². The highest BCUT2D eigenvalue weighted by atomic mass is 79.9.